The number of nitrogens with zero attached hydrogens (tertiary/aromatic N) is 2. The number of aromatic carboxylic acids is 1. The summed E-state index contributed by atoms with van der Waals surface area (Å²) in [4.78, 5) is 10.8. The molecule has 0 saturated carbocycles. The lowest BCUT2D eigenvalue weighted by Crippen LogP contribution is -2.17. The van der Waals surface area contributed by atoms with Crippen molar-refractivity contribution in [2.24, 2.45) is 0 Å². The van der Waals surface area contributed by atoms with Crippen molar-refractivity contribution in [3.05, 3.63) is 46.7 Å². The number of aromatic nitrogens is 2. The molecular weight excluding hydrogens is 285 g/mol. The zero-order valence-electron chi connectivity index (χ0n) is 9.15. The van der Waals surface area contributed by atoms with E-state index in [9.17, 15) is 18.0 Å². The Morgan fingerprint density at radius 3 is 2.47 bits per heavy atom. The van der Waals surface area contributed by atoms with Crippen LogP contribution in [-0.4, -0.2) is 20.9 Å². The lowest BCUT2D eigenvalue weighted by atomic mass is 10.2. The highest BCUT2D eigenvalue weighted by Crippen LogP contribution is 2.34. The fraction of sp³-hybridized carbons (Fsp3) is 0.0909. The van der Waals surface area contributed by atoms with Crippen molar-refractivity contribution >= 4 is 17.6 Å². The second-order valence-electron chi connectivity index (χ2n) is 3.57. The van der Waals surface area contributed by atoms with Crippen molar-refractivity contribution in [1.82, 2.24) is 9.78 Å². The van der Waals surface area contributed by atoms with Crippen LogP contribution >= 0.6 is 11.6 Å². The van der Waals surface area contributed by atoms with Crippen molar-refractivity contribution in [1.29, 1.82) is 0 Å². The molecule has 0 atom stereocenters. The summed E-state index contributed by atoms with van der Waals surface area (Å²) in [5, 5.41) is 12.3. The topological polar surface area (TPSA) is 55.1 Å². The molecule has 1 aromatic heterocycles. The zero-order chi connectivity index (χ0) is 14.2. The molecule has 1 N–H and O–H groups in total. The highest BCUT2D eigenvalue weighted by atomic mass is 35.5. The van der Waals surface area contributed by atoms with Crippen LogP contribution in [0.25, 0.3) is 5.69 Å². The van der Waals surface area contributed by atoms with Gasteiger partial charge in [0.15, 0.2) is 5.69 Å². The number of benzene rings is 1. The largest absolute Gasteiger partial charge is 0.478 e. The summed E-state index contributed by atoms with van der Waals surface area (Å²) in [6.45, 7) is 0. The maximum atomic E-state index is 13.0. The van der Waals surface area contributed by atoms with E-state index in [2.05, 4.69) is 5.10 Å². The third-order valence-corrected chi connectivity index (χ3v) is 2.67. The van der Waals surface area contributed by atoms with Gasteiger partial charge in [-0.25, -0.2) is 9.48 Å². The summed E-state index contributed by atoms with van der Waals surface area (Å²) in [5.41, 5.74) is -2.33. The van der Waals surface area contributed by atoms with Gasteiger partial charge in [-0.3, -0.25) is 0 Å². The van der Waals surface area contributed by atoms with Crippen molar-refractivity contribution in [2.45, 2.75) is 6.18 Å². The first kappa shape index (κ1) is 13.4. The van der Waals surface area contributed by atoms with Gasteiger partial charge in [0.05, 0.1) is 16.9 Å². The highest BCUT2D eigenvalue weighted by Gasteiger charge is 2.40. The number of para-hydroxylation sites is 1. The maximum absolute atomic E-state index is 13.0. The van der Waals surface area contributed by atoms with E-state index in [1.165, 1.54) is 18.2 Å². The van der Waals surface area contributed by atoms with E-state index in [1.54, 1.807) is 6.07 Å². The van der Waals surface area contributed by atoms with Gasteiger partial charge in [0.1, 0.15) is 5.56 Å². The van der Waals surface area contributed by atoms with Gasteiger partial charge in [0, 0.05) is 0 Å². The SMILES string of the molecule is O=C(O)c1cnn(-c2ccccc2Cl)c1C(F)(F)F. The standard InChI is InChI=1S/C11H6ClF3N2O2/c12-7-3-1-2-4-8(7)17-9(11(13,14)15)6(5-16-17)10(18)19/h1-5H,(H,18,19). The van der Waals surface area contributed by atoms with Crippen LogP contribution in [0.15, 0.2) is 30.5 Å². The molecular formula is C11H6ClF3N2O2. The van der Waals surface area contributed by atoms with Crippen molar-refractivity contribution in [3.8, 4) is 5.69 Å². The lowest BCUT2D eigenvalue weighted by Gasteiger charge is -2.12. The molecule has 2 aromatic rings. The summed E-state index contributed by atoms with van der Waals surface area (Å²) < 4.78 is 39.3. The van der Waals surface area contributed by atoms with Crippen LogP contribution in [0.2, 0.25) is 5.02 Å². The van der Waals surface area contributed by atoms with Crippen LogP contribution in [0.5, 0.6) is 0 Å². The van der Waals surface area contributed by atoms with E-state index < -0.39 is 23.4 Å². The molecule has 100 valence electrons. The monoisotopic (exact) mass is 290 g/mol. The Balaban J connectivity index is 2.73. The maximum Gasteiger partial charge on any atom is 0.434 e. The van der Waals surface area contributed by atoms with Crippen LogP contribution in [-0.2, 0) is 6.18 Å². The third-order valence-electron chi connectivity index (χ3n) is 2.35. The highest BCUT2D eigenvalue weighted by molar-refractivity contribution is 6.32. The average Bonchev–Trinajstić information content (AvgIpc) is 2.73. The van der Waals surface area contributed by atoms with E-state index in [0.29, 0.717) is 10.9 Å². The van der Waals surface area contributed by atoms with E-state index in [4.69, 9.17) is 16.7 Å². The van der Waals surface area contributed by atoms with Crippen LogP contribution in [0, 0.1) is 0 Å². The molecule has 0 radical (unpaired) electrons. The summed E-state index contributed by atoms with van der Waals surface area (Å²) in [5.74, 6) is -1.70. The van der Waals surface area contributed by atoms with E-state index >= 15 is 0 Å². The number of hydrogen-bond donors (Lipinski definition) is 1. The van der Waals surface area contributed by atoms with Crippen molar-refractivity contribution in [3.63, 3.8) is 0 Å². The first-order valence-corrected chi connectivity index (χ1v) is 5.33. The molecule has 0 saturated heterocycles. The van der Waals surface area contributed by atoms with Crippen molar-refractivity contribution < 1.29 is 23.1 Å². The molecule has 0 bridgehead atoms. The third kappa shape index (κ3) is 2.41. The van der Waals surface area contributed by atoms with E-state index in [-0.39, 0.29) is 10.7 Å². The Labute approximate surface area is 110 Å². The molecule has 0 spiro atoms. The summed E-state index contributed by atoms with van der Waals surface area (Å²) in [6, 6.07) is 5.72. The summed E-state index contributed by atoms with van der Waals surface area (Å²) in [7, 11) is 0. The number of hydrogen-bond acceptors (Lipinski definition) is 2. The van der Waals surface area contributed by atoms with Gasteiger partial charge in [-0.05, 0) is 12.1 Å². The summed E-state index contributed by atoms with van der Waals surface area (Å²) >= 11 is 5.79. The second kappa shape index (κ2) is 4.58. The van der Waals surface area contributed by atoms with Crippen LogP contribution < -0.4 is 0 Å². The molecule has 1 heterocycles. The van der Waals surface area contributed by atoms with Crippen LogP contribution in [0.3, 0.4) is 0 Å². The minimum absolute atomic E-state index is 0.0352. The fourth-order valence-corrected chi connectivity index (χ4v) is 1.80. The Bertz CT molecular complexity index is 637. The molecule has 0 fully saturated rings. The van der Waals surface area contributed by atoms with Gasteiger partial charge in [-0.1, -0.05) is 23.7 Å². The molecule has 1 aromatic carbocycles. The molecule has 0 aliphatic heterocycles. The molecule has 19 heavy (non-hydrogen) atoms. The van der Waals surface area contributed by atoms with Gasteiger partial charge < -0.3 is 5.11 Å². The molecule has 0 aliphatic rings. The van der Waals surface area contributed by atoms with Gasteiger partial charge in [0.25, 0.3) is 0 Å². The minimum Gasteiger partial charge on any atom is -0.478 e. The smallest absolute Gasteiger partial charge is 0.434 e. The Hall–Kier alpha value is -2.02. The minimum atomic E-state index is -4.86. The van der Waals surface area contributed by atoms with Crippen LogP contribution in [0.4, 0.5) is 13.2 Å². The number of carboxylic acids is 1. The van der Waals surface area contributed by atoms with E-state index in [0.717, 1.165) is 0 Å². The first-order valence-electron chi connectivity index (χ1n) is 4.96. The molecule has 8 heteroatoms. The predicted octanol–water partition coefficient (Wildman–Crippen LogP) is 3.24. The molecule has 0 amide bonds. The lowest BCUT2D eigenvalue weighted by molar-refractivity contribution is -0.143. The second-order valence-corrected chi connectivity index (χ2v) is 3.98. The van der Waals surface area contributed by atoms with E-state index in [1.807, 2.05) is 0 Å². The number of carbonyl (C=O) groups is 1. The molecule has 0 unspecified atom stereocenters. The normalized spacial score (nSPS) is 11.6. The van der Waals surface area contributed by atoms with Gasteiger partial charge in [-0.2, -0.15) is 18.3 Å². The number of carboxylic acid groups (broad SMARTS) is 1. The van der Waals surface area contributed by atoms with Gasteiger partial charge in [0.2, 0.25) is 0 Å². The van der Waals surface area contributed by atoms with Gasteiger partial charge in [-0.15, -0.1) is 0 Å². The molecule has 2 rings (SSSR count). The Morgan fingerprint density at radius 1 is 1.32 bits per heavy atom. The average molecular weight is 291 g/mol. The van der Waals surface area contributed by atoms with Crippen LogP contribution in [0.1, 0.15) is 16.1 Å². The zero-order valence-corrected chi connectivity index (χ0v) is 9.90. The predicted molar refractivity (Wildman–Crippen MR) is 60.5 cm³/mol. The summed E-state index contributed by atoms with van der Waals surface area (Å²) in [6.07, 6.45) is -4.21. The number of rotatable bonds is 2. The van der Waals surface area contributed by atoms with Gasteiger partial charge >= 0.3 is 12.1 Å². The quantitative estimate of drug-likeness (QED) is 0.924. The Morgan fingerprint density at radius 2 is 1.95 bits per heavy atom. The first-order chi connectivity index (χ1) is 8.82. The van der Waals surface area contributed by atoms with Crippen molar-refractivity contribution in [2.75, 3.05) is 0 Å². The number of halogens is 4. The Kier molecular flexibility index (Phi) is 3.23. The fourth-order valence-electron chi connectivity index (χ4n) is 1.58. The number of alkyl halides is 3. The molecule has 0 aliphatic carbocycles. The molecule has 4 nitrogen and oxygen atoms in total.